The standard InChI is InChI=1S/C23H23O2P/c1-23(2,3)21-15-20(14-17(16-24)22(21)25)26(18-10-6-4-7-11-18)19-12-8-5-9-13-19/h4-16,25H,1-3H3. The summed E-state index contributed by atoms with van der Waals surface area (Å²) in [5, 5.41) is 14.1. The second-order valence-electron chi connectivity index (χ2n) is 7.31. The number of benzene rings is 3. The smallest absolute Gasteiger partial charge is 0.153 e. The Morgan fingerprint density at radius 2 is 1.31 bits per heavy atom. The lowest BCUT2D eigenvalue weighted by molar-refractivity contribution is 0.112. The fourth-order valence-corrected chi connectivity index (χ4v) is 5.39. The van der Waals surface area contributed by atoms with E-state index in [-0.39, 0.29) is 11.2 Å². The highest BCUT2D eigenvalue weighted by Gasteiger charge is 2.25. The Labute approximate surface area is 156 Å². The first kappa shape index (κ1) is 18.4. The van der Waals surface area contributed by atoms with Gasteiger partial charge in [-0.2, -0.15) is 0 Å². The molecular weight excluding hydrogens is 339 g/mol. The van der Waals surface area contributed by atoms with E-state index in [1.165, 1.54) is 10.6 Å². The maximum absolute atomic E-state index is 11.6. The fourth-order valence-electron chi connectivity index (χ4n) is 3.03. The average molecular weight is 362 g/mol. The van der Waals surface area contributed by atoms with E-state index in [9.17, 15) is 9.90 Å². The van der Waals surface area contributed by atoms with Crippen LogP contribution in [0.5, 0.6) is 5.75 Å². The van der Waals surface area contributed by atoms with E-state index < -0.39 is 7.92 Å². The molecule has 2 nitrogen and oxygen atoms in total. The van der Waals surface area contributed by atoms with E-state index in [2.05, 4.69) is 30.3 Å². The molecule has 0 saturated heterocycles. The number of phenolic OH excluding ortho intramolecular Hbond substituents is 1. The minimum absolute atomic E-state index is 0.0901. The summed E-state index contributed by atoms with van der Waals surface area (Å²) in [5.74, 6) is 0.0901. The molecule has 0 spiro atoms. The molecule has 132 valence electrons. The monoisotopic (exact) mass is 362 g/mol. The Bertz CT molecular complexity index is 857. The van der Waals surface area contributed by atoms with Gasteiger partial charge in [0.05, 0.1) is 5.56 Å². The van der Waals surface area contributed by atoms with E-state index >= 15 is 0 Å². The lowest BCUT2D eigenvalue weighted by atomic mass is 9.85. The van der Waals surface area contributed by atoms with E-state index in [4.69, 9.17) is 0 Å². The Morgan fingerprint density at radius 3 is 1.73 bits per heavy atom. The molecule has 3 aromatic rings. The summed E-state index contributed by atoms with van der Waals surface area (Å²) in [6, 6.07) is 24.6. The molecule has 1 N–H and O–H groups in total. The van der Waals surface area contributed by atoms with Gasteiger partial charge in [0.2, 0.25) is 0 Å². The zero-order valence-corrected chi connectivity index (χ0v) is 16.2. The van der Waals surface area contributed by atoms with E-state index in [1.54, 1.807) is 0 Å². The molecule has 0 saturated carbocycles. The van der Waals surface area contributed by atoms with Crippen molar-refractivity contribution < 1.29 is 9.90 Å². The topological polar surface area (TPSA) is 37.3 Å². The van der Waals surface area contributed by atoms with Crippen LogP contribution in [0.1, 0.15) is 36.7 Å². The molecule has 3 heteroatoms. The van der Waals surface area contributed by atoms with Crippen molar-refractivity contribution in [2.24, 2.45) is 0 Å². The molecule has 0 aliphatic rings. The first-order valence-electron chi connectivity index (χ1n) is 8.64. The van der Waals surface area contributed by atoms with Gasteiger partial charge in [-0.25, -0.2) is 0 Å². The molecule has 0 unspecified atom stereocenters. The van der Waals surface area contributed by atoms with Crippen LogP contribution < -0.4 is 15.9 Å². The molecule has 0 radical (unpaired) electrons. The predicted molar refractivity (Wildman–Crippen MR) is 111 cm³/mol. The van der Waals surface area contributed by atoms with Crippen LogP contribution in [-0.4, -0.2) is 11.4 Å². The Hall–Kier alpha value is -2.44. The fraction of sp³-hybridized carbons (Fsp3) is 0.174. The number of carbonyl (C=O) groups is 1. The van der Waals surface area contributed by atoms with Crippen LogP contribution in [0.4, 0.5) is 0 Å². The summed E-state index contributed by atoms with van der Waals surface area (Å²) in [5.41, 5.74) is 0.898. The van der Waals surface area contributed by atoms with Crippen molar-refractivity contribution in [2.45, 2.75) is 26.2 Å². The molecule has 3 rings (SSSR count). The first-order valence-corrected chi connectivity index (χ1v) is 9.99. The second-order valence-corrected chi connectivity index (χ2v) is 9.53. The summed E-state index contributed by atoms with van der Waals surface area (Å²) in [6.07, 6.45) is 0.748. The normalized spacial score (nSPS) is 11.5. The summed E-state index contributed by atoms with van der Waals surface area (Å²) in [6.45, 7) is 6.15. The predicted octanol–water partition coefficient (Wildman–Crippen LogP) is 4.26. The number of carbonyl (C=O) groups excluding carboxylic acids is 1. The molecule has 3 aromatic carbocycles. The SMILES string of the molecule is CC(C)(C)c1cc(P(c2ccccc2)c2ccccc2)cc(C=O)c1O. The van der Waals surface area contributed by atoms with Gasteiger partial charge in [0, 0.05) is 5.56 Å². The van der Waals surface area contributed by atoms with E-state index in [0.29, 0.717) is 5.56 Å². The minimum Gasteiger partial charge on any atom is -0.507 e. The third-order valence-corrected chi connectivity index (χ3v) is 6.75. The first-order chi connectivity index (χ1) is 12.4. The molecule has 0 aliphatic carbocycles. The van der Waals surface area contributed by atoms with Crippen LogP contribution in [0.2, 0.25) is 0 Å². The van der Waals surface area contributed by atoms with Crippen molar-refractivity contribution in [2.75, 3.05) is 0 Å². The molecule has 0 bridgehead atoms. The molecular formula is C23H23O2P. The van der Waals surface area contributed by atoms with Gasteiger partial charge in [0.25, 0.3) is 0 Å². The Balaban J connectivity index is 2.27. The Morgan fingerprint density at radius 1 is 0.808 bits per heavy atom. The highest BCUT2D eigenvalue weighted by molar-refractivity contribution is 7.79. The number of aldehydes is 1. The van der Waals surface area contributed by atoms with Crippen molar-refractivity contribution in [3.8, 4) is 5.75 Å². The van der Waals surface area contributed by atoms with Gasteiger partial charge in [-0.1, -0.05) is 81.4 Å². The number of hydrogen-bond acceptors (Lipinski definition) is 2. The third-order valence-electron chi connectivity index (χ3n) is 4.35. The molecule has 0 aliphatic heterocycles. The van der Waals surface area contributed by atoms with Crippen LogP contribution >= 0.6 is 7.92 Å². The Kier molecular flexibility index (Phi) is 5.25. The largest absolute Gasteiger partial charge is 0.507 e. The minimum atomic E-state index is -0.814. The number of rotatable bonds is 4. The highest BCUT2D eigenvalue weighted by atomic mass is 31.1. The van der Waals surface area contributed by atoms with Gasteiger partial charge in [-0.15, -0.1) is 0 Å². The summed E-state index contributed by atoms with van der Waals surface area (Å²) in [7, 11) is -0.814. The van der Waals surface area contributed by atoms with Crippen molar-refractivity contribution >= 4 is 30.1 Å². The number of phenols is 1. The summed E-state index contributed by atoms with van der Waals surface area (Å²) >= 11 is 0. The molecule has 0 heterocycles. The second kappa shape index (κ2) is 7.43. The van der Waals surface area contributed by atoms with E-state index in [0.717, 1.165) is 17.2 Å². The number of hydrogen-bond donors (Lipinski definition) is 1. The molecule has 0 amide bonds. The van der Waals surface area contributed by atoms with Gasteiger partial charge in [-0.3, -0.25) is 4.79 Å². The molecule has 0 fully saturated rings. The summed E-state index contributed by atoms with van der Waals surface area (Å²) in [4.78, 5) is 11.6. The zero-order valence-electron chi connectivity index (χ0n) is 15.3. The van der Waals surface area contributed by atoms with Crippen LogP contribution in [0, 0.1) is 0 Å². The maximum Gasteiger partial charge on any atom is 0.153 e. The van der Waals surface area contributed by atoms with Gasteiger partial charge < -0.3 is 5.11 Å². The van der Waals surface area contributed by atoms with Gasteiger partial charge in [0.1, 0.15) is 5.75 Å². The lowest BCUT2D eigenvalue weighted by Crippen LogP contribution is -2.23. The lowest BCUT2D eigenvalue weighted by Gasteiger charge is -2.25. The maximum atomic E-state index is 11.6. The van der Waals surface area contributed by atoms with E-state index in [1.807, 2.05) is 63.2 Å². The molecule has 26 heavy (non-hydrogen) atoms. The van der Waals surface area contributed by atoms with Gasteiger partial charge in [-0.05, 0) is 41.4 Å². The molecule has 0 atom stereocenters. The molecule has 0 aromatic heterocycles. The van der Waals surface area contributed by atoms with Crippen molar-refractivity contribution in [3.05, 3.63) is 83.9 Å². The third kappa shape index (κ3) is 3.71. The van der Waals surface area contributed by atoms with Crippen LogP contribution in [0.3, 0.4) is 0 Å². The quantitative estimate of drug-likeness (QED) is 0.556. The zero-order chi connectivity index (χ0) is 18.7. The van der Waals surface area contributed by atoms with Crippen molar-refractivity contribution in [1.29, 1.82) is 0 Å². The van der Waals surface area contributed by atoms with Crippen LogP contribution in [0.25, 0.3) is 0 Å². The van der Waals surface area contributed by atoms with Gasteiger partial charge in [0.15, 0.2) is 6.29 Å². The van der Waals surface area contributed by atoms with Crippen LogP contribution in [-0.2, 0) is 5.41 Å². The summed E-state index contributed by atoms with van der Waals surface area (Å²) < 4.78 is 0. The highest BCUT2D eigenvalue weighted by Crippen LogP contribution is 2.38. The number of aromatic hydroxyl groups is 1. The van der Waals surface area contributed by atoms with Crippen molar-refractivity contribution in [3.63, 3.8) is 0 Å². The van der Waals surface area contributed by atoms with Crippen molar-refractivity contribution in [1.82, 2.24) is 0 Å². The van der Waals surface area contributed by atoms with Gasteiger partial charge >= 0.3 is 0 Å². The van der Waals surface area contributed by atoms with Crippen LogP contribution in [0.15, 0.2) is 72.8 Å². The average Bonchev–Trinajstić information content (AvgIpc) is 2.64.